The van der Waals surface area contributed by atoms with Crippen molar-refractivity contribution in [1.82, 2.24) is 15.2 Å². The molecule has 0 aliphatic rings. The average Bonchev–Trinajstić information content (AvgIpc) is 3.09. The molecule has 8 heteroatoms. The molecule has 0 aliphatic carbocycles. The summed E-state index contributed by atoms with van der Waals surface area (Å²) in [7, 11) is 0. The molecule has 2 aromatic heterocycles. The molecule has 30 heavy (non-hydrogen) atoms. The summed E-state index contributed by atoms with van der Waals surface area (Å²) in [5, 5.41) is 6.21. The fourth-order valence-electron chi connectivity index (χ4n) is 3.39. The van der Waals surface area contributed by atoms with Gasteiger partial charge in [-0.2, -0.15) is 22.7 Å². The van der Waals surface area contributed by atoms with E-state index in [4.69, 9.17) is 0 Å². The Kier molecular flexibility index (Phi) is 4.99. The molecule has 0 radical (unpaired) electrons. The first-order valence-corrected chi connectivity index (χ1v) is 9.00. The van der Waals surface area contributed by atoms with Crippen LogP contribution in [0.4, 0.5) is 17.6 Å². The molecule has 2 aromatic carbocycles. The zero-order valence-electron chi connectivity index (χ0n) is 15.4. The number of pyridine rings is 1. The van der Waals surface area contributed by atoms with Gasteiger partial charge >= 0.3 is 6.18 Å². The monoisotopic (exact) mass is 413 g/mol. The molecule has 0 unspecified atom stereocenters. The Hall–Kier alpha value is -3.68. The van der Waals surface area contributed by atoms with Crippen LogP contribution >= 0.6 is 0 Å². The Balaban J connectivity index is 2.06. The van der Waals surface area contributed by atoms with Crippen molar-refractivity contribution >= 4 is 22.0 Å². The highest BCUT2D eigenvalue weighted by atomic mass is 19.4. The SMILES string of the molecule is O=c1ccc(/C(=C(/CC(F)(F)F)c2ccccc2)c2ccc3n[nH]c(F)c3c2)c[nH]1. The van der Waals surface area contributed by atoms with E-state index in [1.807, 2.05) is 0 Å². The first kappa shape index (κ1) is 19.6. The van der Waals surface area contributed by atoms with E-state index in [9.17, 15) is 22.4 Å². The molecule has 0 saturated carbocycles. The lowest BCUT2D eigenvalue weighted by Gasteiger charge is -2.18. The van der Waals surface area contributed by atoms with Gasteiger partial charge in [-0.25, -0.2) is 0 Å². The summed E-state index contributed by atoms with van der Waals surface area (Å²) in [6.45, 7) is 0. The van der Waals surface area contributed by atoms with Crippen molar-refractivity contribution in [2.75, 3.05) is 0 Å². The predicted octanol–water partition coefficient (Wildman–Crippen LogP) is 5.30. The normalized spacial score (nSPS) is 12.8. The topological polar surface area (TPSA) is 61.5 Å². The molecule has 4 aromatic rings. The van der Waals surface area contributed by atoms with E-state index >= 15 is 0 Å². The molecular formula is C22H15F4N3O. The summed E-state index contributed by atoms with van der Waals surface area (Å²) in [6.07, 6.45) is -4.33. The predicted molar refractivity (Wildman–Crippen MR) is 106 cm³/mol. The summed E-state index contributed by atoms with van der Waals surface area (Å²) < 4.78 is 54.7. The summed E-state index contributed by atoms with van der Waals surface area (Å²) >= 11 is 0. The maximum atomic E-state index is 14.1. The maximum Gasteiger partial charge on any atom is 0.393 e. The van der Waals surface area contributed by atoms with Crippen LogP contribution in [0.5, 0.6) is 0 Å². The third-order valence-electron chi connectivity index (χ3n) is 4.67. The smallest absolute Gasteiger partial charge is 0.328 e. The fraction of sp³-hybridized carbons (Fsp3) is 0.0909. The molecule has 0 atom stereocenters. The first-order chi connectivity index (χ1) is 14.3. The van der Waals surface area contributed by atoms with E-state index in [0.717, 1.165) is 0 Å². The van der Waals surface area contributed by atoms with Gasteiger partial charge in [-0.3, -0.25) is 9.89 Å². The van der Waals surface area contributed by atoms with Crippen molar-refractivity contribution in [3.05, 3.63) is 99.9 Å². The van der Waals surface area contributed by atoms with Crippen molar-refractivity contribution in [2.45, 2.75) is 12.6 Å². The van der Waals surface area contributed by atoms with Crippen LogP contribution in [-0.2, 0) is 0 Å². The lowest BCUT2D eigenvalue weighted by atomic mass is 9.88. The Bertz CT molecular complexity index is 1270. The van der Waals surface area contributed by atoms with Gasteiger partial charge in [0.05, 0.1) is 17.3 Å². The van der Waals surface area contributed by atoms with Crippen LogP contribution in [0.1, 0.15) is 23.1 Å². The maximum absolute atomic E-state index is 14.1. The third kappa shape index (κ3) is 4.03. The Labute approximate surface area is 167 Å². The quantitative estimate of drug-likeness (QED) is 0.352. The van der Waals surface area contributed by atoms with Crippen LogP contribution < -0.4 is 5.56 Å². The molecule has 0 aliphatic heterocycles. The van der Waals surface area contributed by atoms with Crippen molar-refractivity contribution in [2.24, 2.45) is 0 Å². The van der Waals surface area contributed by atoms with Crippen LogP contribution in [0.15, 0.2) is 71.7 Å². The number of hydrogen-bond donors (Lipinski definition) is 2. The highest BCUT2D eigenvalue weighted by Gasteiger charge is 2.31. The van der Waals surface area contributed by atoms with Crippen molar-refractivity contribution in [3.8, 4) is 0 Å². The number of aromatic amines is 2. The van der Waals surface area contributed by atoms with E-state index in [0.29, 0.717) is 22.2 Å². The lowest BCUT2D eigenvalue weighted by Crippen LogP contribution is -2.11. The van der Waals surface area contributed by atoms with Crippen LogP contribution in [-0.4, -0.2) is 21.4 Å². The second-order valence-corrected chi connectivity index (χ2v) is 6.72. The van der Waals surface area contributed by atoms with Gasteiger partial charge in [0.1, 0.15) is 0 Å². The van der Waals surface area contributed by atoms with Gasteiger partial charge in [-0.15, -0.1) is 0 Å². The van der Waals surface area contributed by atoms with Gasteiger partial charge in [0.15, 0.2) is 0 Å². The Morgan fingerprint density at radius 1 is 0.933 bits per heavy atom. The van der Waals surface area contributed by atoms with E-state index in [1.165, 1.54) is 30.5 Å². The average molecular weight is 413 g/mol. The Morgan fingerprint density at radius 3 is 2.33 bits per heavy atom. The minimum absolute atomic E-state index is 0.0124. The molecule has 0 spiro atoms. The van der Waals surface area contributed by atoms with E-state index in [-0.39, 0.29) is 22.1 Å². The van der Waals surface area contributed by atoms with Gasteiger partial charge in [-0.1, -0.05) is 36.4 Å². The zero-order valence-corrected chi connectivity index (χ0v) is 15.4. The van der Waals surface area contributed by atoms with Gasteiger partial charge in [0.2, 0.25) is 11.5 Å². The van der Waals surface area contributed by atoms with Crippen molar-refractivity contribution in [1.29, 1.82) is 0 Å². The second kappa shape index (κ2) is 7.62. The summed E-state index contributed by atoms with van der Waals surface area (Å²) in [5.74, 6) is -0.676. The van der Waals surface area contributed by atoms with Crippen LogP contribution in [0.3, 0.4) is 0 Å². The van der Waals surface area contributed by atoms with Gasteiger partial charge in [-0.05, 0) is 46.0 Å². The highest BCUT2D eigenvalue weighted by molar-refractivity contribution is 6.00. The molecule has 2 heterocycles. The number of H-pyrrole nitrogens is 2. The molecule has 0 amide bonds. The van der Waals surface area contributed by atoms with Crippen LogP contribution in [0.2, 0.25) is 0 Å². The summed E-state index contributed by atoms with van der Waals surface area (Å²) in [6, 6.07) is 15.4. The number of allylic oxidation sites excluding steroid dienone is 1. The molecule has 4 nitrogen and oxygen atoms in total. The number of halogens is 4. The number of hydrogen-bond acceptors (Lipinski definition) is 2. The minimum Gasteiger partial charge on any atom is -0.328 e. The lowest BCUT2D eigenvalue weighted by molar-refractivity contribution is -0.122. The first-order valence-electron chi connectivity index (χ1n) is 9.00. The van der Waals surface area contributed by atoms with Crippen LogP contribution in [0.25, 0.3) is 22.0 Å². The minimum atomic E-state index is -4.48. The van der Waals surface area contributed by atoms with Crippen molar-refractivity contribution in [3.63, 3.8) is 0 Å². The van der Waals surface area contributed by atoms with E-state index in [1.54, 1.807) is 36.4 Å². The van der Waals surface area contributed by atoms with E-state index in [2.05, 4.69) is 15.2 Å². The Morgan fingerprint density at radius 2 is 1.67 bits per heavy atom. The second-order valence-electron chi connectivity index (χ2n) is 6.72. The molecule has 0 bridgehead atoms. The number of rotatable bonds is 4. The molecule has 0 fully saturated rings. The number of nitrogens with one attached hydrogen (secondary N) is 2. The summed E-state index contributed by atoms with van der Waals surface area (Å²) in [4.78, 5) is 14.0. The number of aromatic nitrogens is 3. The molecular weight excluding hydrogens is 398 g/mol. The molecule has 2 N–H and O–H groups in total. The number of fused-ring (bicyclic) bond motifs is 1. The third-order valence-corrected chi connectivity index (χ3v) is 4.67. The molecule has 4 rings (SSSR count). The number of benzene rings is 2. The molecule has 0 saturated heterocycles. The fourth-order valence-corrected chi connectivity index (χ4v) is 3.39. The van der Waals surface area contributed by atoms with Gasteiger partial charge < -0.3 is 4.98 Å². The highest BCUT2D eigenvalue weighted by Crippen LogP contribution is 2.39. The number of alkyl halides is 3. The van der Waals surface area contributed by atoms with Gasteiger partial charge in [0, 0.05) is 12.3 Å². The molecule has 152 valence electrons. The van der Waals surface area contributed by atoms with Crippen molar-refractivity contribution < 1.29 is 17.6 Å². The van der Waals surface area contributed by atoms with Gasteiger partial charge in [0.25, 0.3) is 0 Å². The largest absolute Gasteiger partial charge is 0.393 e. The van der Waals surface area contributed by atoms with Crippen LogP contribution in [0, 0.1) is 5.95 Å². The zero-order chi connectivity index (χ0) is 21.3. The number of nitrogens with zero attached hydrogens (tertiary/aromatic N) is 1. The van der Waals surface area contributed by atoms with E-state index < -0.39 is 18.5 Å². The summed E-state index contributed by atoms with van der Waals surface area (Å²) in [5.41, 5.74) is 1.36. The standard InChI is InChI=1S/C22H15F4N3O/c23-21-16-10-14(6-8-18(16)28-29-21)20(15-7-9-19(30)27-12-15)17(11-22(24,25)26)13-4-2-1-3-5-13/h1-10,12H,11H2,(H,27,30)(H,28,29)/b20-17-.